The van der Waals surface area contributed by atoms with Gasteiger partial charge in [-0.15, -0.1) is 0 Å². The highest BCUT2D eigenvalue weighted by Crippen LogP contribution is 2.32. The number of ether oxygens (including phenoxy) is 3. The molecule has 0 amide bonds. The summed E-state index contributed by atoms with van der Waals surface area (Å²) in [6.07, 6.45) is -0.319. The van der Waals surface area contributed by atoms with Crippen molar-refractivity contribution in [3.63, 3.8) is 0 Å². The zero-order valence-electron chi connectivity index (χ0n) is 18.9. The number of benzene rings is 3. The molecule has 0 unspecified atom stereocenters. The molecule has 180 valence electrons. The fraction of sp³-hybridized carbons (Fsp3) is 0.240. The van der Waals surface area contributed by atoms with Crippen LogP contribution in [0.5, 0.6) is 11.5 Å². The lowest BCUT2D eigenvalue weighted by Crippen LogP contribution is -2.08. The van der Waals surface area contributed by atoms with Crippen LogP contribution in [0.2, 0.25) is 0 Å². The highest BCUT2D eigenvalue weighted by Gasteiger charge is 2.20. The molecule has 7 nitrogen and oxygen atoms in total. The molecule has 0 aromatic heterocycles. The Hall–Kier alpha value is -3.01. The lowest BCUT2D eigenvalue weighted by molar-refractivity contribution is -0.136. The summed E-state index contributed by atoms with van der Waals surface area (Å²) < 4.78 is 42.6. The second-order valence-electron chi connectivity index (χ2n) is 7.21. The number of aliphatic carboxylic acids is 1. The number of rotatable bonds is 12. The summed E-state index contributed by atoms with van der Waals surface area (Å²) in [5.41, 5.74) is 0.336. The molecule has 1 N–H and O–H groups in total. The first-order chi connectivity index (χ1) is 16.3. The molecule has 3 aromatic carbocycles. The van der Waals surface area contributed by atoms with Crippen LogP contribution in [-0.4, -0.2) is 46.4 Å². The van der Waals surface area contributed by atoms with Gasteiger partial charge in [-0.3, -0.25) is 4.79 Å². The van der Waals surface area contributed by atoms with Gasteiger partial charge < -0.3 is 19.3 Å². The van der Waals surface area contributed by atoms with Crippen molar-refractivity contribution in [3.8, 4) is 11.5 Å². The highest BCUT2D eigenvalue weighted by atomic mass is 32.2. The summed E-state index contributed by atoms with van der Waals surface area (Å²) in [7, 11) is -2.36. The van der Waals surface area contributed by atoms with Gasteiger partial charge in [-0.2, -0.15) is 0 Å². The molecule has 34 heavy (non-hydrogen) atoms. The number of carbonyl (C=O) groups is 1. The third kappa shape index (κ3) is 6.99. The molecule has 0 aliphatic heterocycles. The summed E-state index contributed by atoms with van der Waals surface area (Å²) in [6.45, 7) is 3.03. The van der Waals surface area contributed by atoms with Crippen molar-refractivity contribution < 1.29 is 32.5 Å². The van der Waals surface area contributed by atoms with Gasteiger partial charge in [-0.1, -0.05) is 17.8 Å². The van der Waals surface area contributed by atoms with Crippen LogP contribution in [0, 0.1) is 0 Å². The van der Waals surface area contributed by atoms with Crippen LogP contribution in [0.1, 0.15) is 12.5 Å². The van der Waals surface area contributed by atoms with Crippen molar-refractivity contribution in [2.45, 2.75) is 32.9 Å². The van der Waals surface area contributed by atoms with Gasteiger partial charge in [0.1, 0.15) is 18.1 Å². The van der Waals surface area contributed by atoms with Crippen LogP contribution >= 0.6 is 11.8 Å². The smallest absolute Gasteiger partial charge is 0.307 e. The standard InChI is InChI=1S/C25H26O7S2/c1-3-31-19-5-4-6-22(16-19)33-21-7-9-23(10-8-21)34(28,29)24-14-18(15-25(26)27)13-20(17-24)32-12-11-30-2/h4-10,13-14,16-17H,3,11-12,15H2,1-2H3,(H,26,27). The lowest BCUT2D eigenvalue weighted by Gasteiger charge is -2.12. The average Bonchev–Trinajstić information content (AvgIpc) is 2.79. The van der Waals surface area contributed by atoms with Gasteiger partial charge in [0.2, 0.25) is 9.84 Å². The first-order valence-electron chi connectivity index (χ1n) is 10.5. The molecule has 3 aromatic rings. The molecular formula is C25H26O7S2. The fourth-order valence-electron chi connectivity index (χ4n) is 3.14. The molecule has 0 saturated heterocycles. The molecular weight excluding hydrogens is 476 g/mol. The third-order valence-corrected chi connectivity index (χ3v) is 7.39. The zero-order valence-corrected chi connectivity index (χ0v) is 20.5. The Morgan fingerprint density at radius 3 is 2.32 bits per heavy atom. The summed E-state index contributed by atoms with van der Waals surface area (Å²) in [5.74, 6) is -0.0145. The number of hydrogen-bond donors (Lipinski definition) is 1. The Morgan fingerprint density at radius 1 is 0.882 bits per heavy atom. The van der Waals surface area contributed by atoms with Crippen molar-refractivity contribution >= 4 is 27.6 Å². The number of methoxy groups -OCH3 is 1. The molecule has 0 saturated carbocycles. The van der Waals surface area contributed by atoms with Crippen molar-refractivity contribution in [2.75, 3.05) is 26.9 Å². The molecule has 9 heteroatoms. The van der Waals surface area contributed by atoms with E-state index in [0.29, 0.717) is 18.8 Å². The first kappa shape index (κ1) is 25.6. The Labute approximate surface area is 203 Å². The Bertz CT molecular complexity index is 1220. The SMILES string of the molecule is CCOc1cccc(Sc2ccc(S(=O)(=O)c3cc(CC(=O)O)cc(OCCOC)c3)cc2)c1. The van der Waals surface area contributed by atoms with E-state index in [-0.39, 0.29) is 28.6 Å². The molecule has 0 fully saturated rings. The Kier molecular flexibility index (Phi) is 8.98. The van der Waals surface area contributed by atoms with Crippen molar-refractivity contribution in [1.29, 1.82) is 0 Å². The summed E-state index contributed by atoms with van der Waals surface area (Å²) in [5, 5.41) is 9.16. The van der Waals surface area contributed by atoms with Gasteiger partial charge in [0.15, 0.2) is 0 Å². The molecule has 0 bridgehead atoms. The Morgan fingerprint density at radius 2 is 1.65 bits per heavy atom. The quantitative estimate of drug-likeness (QED) is 0.355. The monoisotopic (exact) mass is 502 g/mol. The largest absolute Gasteiger partial charge is 0.494 e. The van der Waals surface area contributed by atoms with Crippen LogP contribution in [0.3, 0.4) is 0 Å². The molecule has 0 spiro atoms. The topological polar surface area (TPSA) is 99.1 Å². The average molecular weight is 503 g/mol. The van der Waals surface area contributed by atoms with Crippen LogP contribution in [0.15, 0.2) is 86.3 Å². The maximum Gasteiger partial charge on any atom is 0.307 e. The predicted molar refractivity (Wildman–Crippen MR) is 129 cm³/mol. The van der Waals surface area contributed by atoms with Crippen LogP contribution in [0.25, 0.3) is 0 Å². The minimum absolute atomic E-state index is 0.0246. The van der Waals surface area contributed by atoms with E-state index in [2.05, 4.69) is 0 Å². The molecule has 3 rings (SSSR count). The minimum atomic E-state index is -3.89. The zero-order chi connectivity index (χ0) is 24.6. The molecule has 0 aliphatic carbocycles. The van der Waals surface area contributed by atoms with E-state index >= 15 is 0 Å². The van der Waals surface area contributed by atoms with E-state index < -0.39 is 15.8 Å². The van der Waals surface area contributed by atoms with Crippen molar-refractivity contribution in [2.24, 2.45) is 0 Å². The summed E-state index contributed by atoms with van der Waals surface area (Å²) in [4.78, 5) is 13.1. The number of sulfone groups is 1. The first-order valence-corrected chi connectivity index (χ1v) is 12.8. The van der Waals surface area contributed by atoms with Gasteiger partial charge in [0, 0.05) is 16.9 Å². The normalized spacial score (nSPS) is 11.2. The van der Waals surface area contributed by atoms with Crippen molar-refractivity contribution in [3.05, 3.63) is 72.3 Å². The fourth-order valence-corrected chi connectivity index (χ4v) is 5.35. The van der Waals surface area contributed by atoms with E-state index in [9.17, 15) is 13.2 Å². The van der Waals surface area contributed by atoms with Gasteiger partial charge in [-0.05, 0) is 73.2 Å². The van der Waals surface area contributed by atoms with E-state index in [1.807, 2.05) is 31.2 Å². The van der Waals surface area contributed by atoms with E-state index in [1.165, 1.54) is 37.1 Å². The molecule has 0 radical (unpaired) electrons. The van der Waals surface area contributed by atoms with Gasteiger partial charge in [-0.25, -0.2) is 8.42 Å². The van der Waals surface area contributed by atoms with E-state index in [1.54, 1.807) is 24.3 Å². The minimum Gasteiger partial charge on any atom is -0.494 e. The highest BCUT2D eigenvalue weighted by molar-refractivity contribution is 7.99. The number of hydrogen-bond acceptors (Lipinski definition) is 7. The summed E-state index contributed by atoms with van der Waals surface area (Å²) in [6, 6.07) is 18.5. The molecule has 0 atom stereocenters. The van der Waals surface area contributed by atoms with Crippen molar-refractivity contribution in [1.82, 2.24) is 0 Å². The molecule has 0 heterocycles. The third-order valence-electron chi connectivity index (χ3n) is 4.65. The van der Waals surface area contributed by atoms with Gasteiger partial charge in [0.25, 0.3) is 0 Å². The maximum absolute atomic E-state index is 13.3. The van der Waals surface area contributed by atoms with Crippen LogP contribution in [-0.2, 0) is 25.8 Å². The van der Waals surface area contributed by atoms with E-state index in [0.717, 1.165) is 15.5 Å². The summed E-state index contributed by atoms with van der Waals surface area (Å²) >= 11 is 1.49. The lowest BCUT2D eigenvalue weighted by atomic mass is 10.1. The Balaban J connectivity index is 1.85. The number of carboxylic acid groups (broad SMARTS) is 1. The van der Waals surface area contributed by atoms with Gasteiger partial charge >= 0.3 is 5.97 Å². The van der Waals surface area contributed by atoms with Crippen LogP contribution in [0.4, 0.5) is 0 Å². The second kappa shape index (κ2) is 11.9. The number of carboxylic acids is 1. The predicted octanol–water partition coefficient (Wildman–Crippen LogP) is 4.72. The second-order valence-corrected chi connectivity index (χ2v) is 10.3. The maximum atomic E-state index is 13.3. The molecule has 0 aliphatic rings. The van der Waals surface area contributed by atoms with Crippen LogP contribution < -0.4 is 9.47 Å². The van der Waals surface area contributed by atoms with Gasteiger partial charge in [0.05, 0.1) is 29.4 Å². The van der Waals surface area contributed by atoms with E-state index in [4.69, 9.17) is 19.3 Å².